The molecule has 2 nitrogen and oxygen atoms in total. The Morgan fingerprint density at radius 1 is 1.00 bits per heavy atom. The Morgan fingerprint density at radius 2 is 1.68 bits per heavy atom. The molecule has 136 valence electrons. The fourth-order valence-electron chi connectivity index (χ4n) is 2.81. The Morgan fingerprint density at radius 3 is 2.32 bits per heavy atom. The molecule has 0 aliphatic carbocycles. The van der Waals surface area contributed by atoms with Crippen molar-refractivity contribution in [3.05, 3.63) is 53.8 Å². The van der Waals surface area contributed by atoms with Gasteiger partial charge in [-0.3, -0.25) is 0 Å². The molecule has 2 aromatic carbocycles. The fourth-order valence-corrected chi connectivity index (χ4v) is 2.81. The number of halogens is 1. The molecule has 0 saturated carbocycles. The zero-order chi connectivity index (χ0) is 18.3. The molecule has 0 amide bonds. The van der Waals surface area contributed by atoms with E-state index in [1.807, 2.05) is 24.3 Å². The van der Waals surface area contributed by atoms with Crippen LogP contribution >= 0.6 is 0 Å². The second-order valence-corrected chi connectivity index (χ2v) is 7.36. The average molecular weight is 343 g/mol. The summed E-state index contributed by atoms with van der Waals surface area (Å²) in [6, 6.07) is 12.8. The summed E-state index contributed by atoms with van der Waals surface area (Å²) < 4.78 is 19.1. The van der Waals surface area contributed by atoms with E-state index < -0.39 is 0 Å². The van der Waals surface area contributed by atoms with E-state index in [0.717, 1.165) is 55.7 Å². The molecule has 3 heteroatoms. The van der Waals surface area contributed by atoms with E-state index >= 15 is 0 Å². The van der Waals surface area contributed by atoms with E-state index in [1.165, 1.54) is 17.7 Å². The molecular weight excluding hydrogens is 313 g/mol. The predicted molar refractivity (Wildman–Crippen MR) is 103 cm³/mol. The van der Waals surface area contributed by atoms with Crippen molar-refractivity contribution in [3.63, 3.8) is 0 Å². The topological polar surface area (TPSA) is 35.2 Å². The number of unbranched alkanes of at least 4 members (excludes halogenated alkanes) is 1. The molecule has 0 aliphatic rings. The summed E-state index contributed by atoms with van der Waals surface area (Å²) in [6.45, 7) is 7.98. The minimum absolute atomic E-state index is 0.211. The molecule has 2 rings (SSSR count). The Bertz CT molecular complexity index is 664. The third kappa shape index (κ3) is 5.86. The molecule has 0 atom stereocenters. The van der Waals surface area contributed by atoms with Gasteiger partial charge in [-0.1, -0.05) is 39.0 Å². The summed E-state index contributed by atoms with van der Waals surface area (Å²) in [5.74, 6) is 0.740. The summed E-state index contributed by atoms with van der Waals surface area (Å²) in [5, 5.41) is 0. The number of ether oxygens (including phenoxy) is 1. The molecule has 0 radical (unpaired) electrons. The summed E-state index contributed by atoms with van der Waals surface area (Å²) in [4.78, 5) is 0. The number of hydrogen-bond donors (Lipinski definition) is 1. The lowest BCUT2D eigenvalue weighted by Gasteiger charge is -2.22. The Kier molecular flexibility index (Phi) is 7.01. The normalized spacial score (nSPS) is 11.6. The molecule has 0 unspecified atom stereocenters. The van der Waals surface area contributed by atoms with Gasteiger partial charge in [0.15, 0.2) is 0 Å². The van der Waals surface area contributed by atoms with Crippen LogP contribution in [0.5, 0.6) is 5.75 Å². The maximum Gasteiger partial charge on any atom is 0.123 e. The van der Waals surface area contributed by atoms with Gasteiger partial charge >= 0.3 is 0 Å². The number of rotatable bonds is 9. The lowest BCUT2D eigenvalue weighted by atomic mass is 9.87. The van der Waals surface area contributed by atoms with Gasteiger partial charge in [0.1, 0.15) is 11.6 Å². The first-order chi connectivity index (χ1) is 11.9. The lowest BCUT2D eigenvalue weighted by molar-refractivity contribution is 0.277. The lowest BCUT2D eigenvalue weighted by Crippen LogP contribution is -2.23. The molecule has 0 heterocycles. The van der Waals surface area contributed by atoms with Crippen molar-refractivity contribution in [2.24, 2.45) is 11.1 Å². The zero-order valence-corrected chi connectivity index (χ0v) is 15.6. The van der Waals surface area contributed by atoms with Crippen LogP contribution in [-0.4, -0.2) is 13.2 Å². The van der Waals surface area contributed by atoms with E-state index in [4.69, 9.17) is 10.5 Å². The largest absolute Gasteiger partial charge is 0.493 e. The van der Waals surface area contributed by atoms with Crippen LogP contribution in [0.2, 0.25) is 0 Å². The predicted octanol–water partition coefficient (Wildman–Crippen LogP) is 5.59. The highest BCUT2D eigenvalue weighted by Crippen LogP contribution is 2.28. The van der Waals surface area contributed by atoms with Gasteiger partial charge in [0.05, 0.1) is 6.61 Å². The summed E-state index contributed by atoms with van der Waals surface area (Å²) in [5.41, 5.74) is 9.28. The first kappa shape index (κ1) is 19.5. The average Bonchev–Trinajstić information content (AvgIpc) is 2.62. The highest BCUT2D eigenvalue weighted by molar-refractivity contribution is 5.65. The Hall–Kier alpha value is -1.87. The van der Waals surface area contributed by atoms with Crippen LogP contribution in [0.15, 0.2) is 42.5 Å². The van der Waals surface area contributed by atoms with Gasteiger partial charge in [0, 0.05) is 0 Å². The van der Waals surface area contributed by atoms with Crippen LogP contribution in [0, 0.1) is 11.2 Å². The summed E-state index contributed by atoms with van der Waals surface area (Å²) in [6.07, 6.45) is 4.19. The molecule has 0 aromatic heterocycles. The molecule has 0 fully saturated rings. The van der Waals surface area contributed by atoms with Crippen LogP contribution in [0.4, 0.5) is 4.39 Å². The van der Waals surface area contributed by atoms with Crippen molar-refractivity contribution >= 4 is 0 Å². The van der Waals surface area contributed by atoms with Gasteiger partial charge in [-0.25, -0.2) is 4.39 Å². The van der Waals surface area contributed by atoms with Gasteiger partial charge in [0.2, 0.25) is 0 Å². The second kappa shape index (κ2) is 9.00. The SMILES string of the molecule is CCc1cc(-c2ccc(F)cc2)ccc1OCCCCC(C)(C)CN. The van der Waals surface area contributed by atoms with Gasteiger partial charge < -0.3 is 10.5 Å². The maximum atomic E-state index is 13.1. The van der Waals surface area contributed by atoms with Crippen molar-refractivity contribution in [1.29, 1.82) is 0 Å². The van der Waals surface area contributed by atoms with Crippen LogP contribution in [0.25, 0.3) is 11.1 Å². The highest BCUT2D eigenvalue weighted by Gasteiger charge is 2.14. The van der Waals surface area contributed by atoms with Crippen molar-refractivity contribution in [3.8, 4) is 16.9 Å². The molecule has 2 N–H and O–H groups in total. The Balaban J connectivity index is 1.94. The third-order valence-electron chi connectivity index (χ3n) is 4.68. The van der Waals surface area contributed by atoms with Gasteiger partial charge in [-0.15, -0.1) is 0 Å². The van der Waals surface area contributed by atoms with Gasteiger partial charge in [-0.2, -0.15) is 0 Å². The van der Waals surface area contributed by atoms with Crippen molar-refractivity contribution in [2.75, 3.05) is 13.2 Å². The second-order valence-electron chi connectivity index (χ2n) is 7.36. The molecule has 0 saturated heterocycles. The van der Waals surface area contributed by atoms with Crippen LogP contribution in [-0.2, 0) is 6.42 Å². The van der Waals surface area contributed by atoms with Crippen molar-refractivity contribution in [1.82, 2.24) is 0 Å². The number of nitrogens with two attached hydrogens (primary N) is 1. The number of hydrogen-bond acceptors (Lipinski definition) is 2. The summed E-state index contributed by atoms with van der Waals surface area (Å²) in [7, 11) is 0. The third-order valence-corrected chi connectivity index (χ3v) is 4.68. The molecule has 0 spiro atoms. The zero-order valence-electron chi connectivity index (χ0n) is 15.6. The standard InChI is InChI=1S/C22H30FNO/c1-4-17-15-19(18-7-10-20(23)11-8-18)9-12-21(17)25-14-6-5-13-22(2,3)16-24/h7-12,15H,4-6,13-14,16,24H2,1-3H3. The van der Waals surface area contributed by atoms with Crippen LogP contribution < -0.4 is 10.5 Å². The maximum absolute atomic E-state index is 13.1. The first-order valence-electron chi connectivity index (χ1n) is 9.17. The van der Waals surface area contributed by atoms with Gasteiger partial charge in [-0.05, 0) is 78.6 Å². The molecule has 25 heavy (non-hydrogen) atoms. The van der Waals surface area contributed by atoms with Crippen molar-refractivity contribution < 1.29 is 9.13 Å². The van der Waals surface area contributed by atoms with E-state index in [2.05, 4.69) is 26.8 Å². The smallest absolute Gasteiger partial charge is 0.123 e. The monoisotopic (exact) mass is 343 g/mol. The van der Waals surface area contributed by atoms with E-state index in [1.54, 1.807) is 0 Å². The van der Waals surface area contributed by atoms with E-state index in [0.29, 0.717) is 0 Å². The van der Waals surface area contributed by atoms with E-state index in [9.17, 15) is 4.39 Å². The minimum atomic E-state index is -0.211. The Labute approximate surface area is 151 Å². The highest BCUT2D eigenvalue weighted by atomic mass is 19.1. The molecular formula is C22H30FNO. The van der Waals surface area contributed by atoms with Gasteiger partial charge in [0.25, 0.3) is 0 Å². The molecule has 0 bridgehead atoms. The summed E-state index contributed by atoms with van der Waals surface area (Å²) >= 11 is 0. The van der Waals surface area contributed by atoms with Crippen molar-refractivity contribution in [2.45, 2.75) is 46.5 Å². The quantitative estimate of drug-likeness (QED) is 0.602. The van der Waals surface area contributed by atoms with E-state index in [-0.39, 0.29) is 11.2 Å². The number of aryl methyl sites for hydroxylation is 1. The van der Waals surface area contributed by atoms with Crippen LogP contribution in [0.1, 0.15) is 45.6 Å². The van der Waals surface area contributed by atoms with Crippen LogP contribution in [0.3, 0.4) is 0 Å². The fraction of sp³-hybridized carbons (Fsp3) is 0.455. The first-order valence-corrected chi connectivity index (χ1v) is 9.17. The molecule has 2 aromatic rings. The molecule has 0 aliphatic heterocycles. The number of benzene rings is 2. The minimum Gasteiger partial charge on any atom is -0.493 e.